The molecule has 0 aliphatic carbocycles. The van der Waals surface area contributed by atoms with E-state index in [0.717, 1.165) is 0 Å². The van der Waals surface area contributed by atoms with Crippen molar-refractivity contribution in [2.75, 3.05) is 20.1 Å². The van der Waals surface area contributed by atoms with Crippen molar-refractivity contribution in [3.8, 4) is 0 Å². The molecule has 6 nitrogen and oxygen atoms in total. The van der Waals surface area contributed by atoms with Crippen LogP contribution in [0.3, 0.4) is 0 Å². The number of carboxylic acid groups (broad SMARTS) is 1. The lowest BCUT2D eigenvalue weighted by atomic mass is 10.2. The molecular formula is C11H22N2O4. The zero-order valence-electron chi connectivity index (χ0n) is 11.1. The van der Waals surface area contributed by atoms with Gasteiger partial charge < -0.3 is 20.1 Å². The van der Waals surface area contributed by atoms with Crippen molar-refractivity contribution in [1.29, 1.82) is 0 Å². The van der Waals surface area contributed by atoms with Gasteiger partial charge in [-0.25, -0.2) is 9.59 Å². The molecule has 0 aromatic carbocycles. The van der Waals surface area contributed by atoms with Gasteiger partial charge >= 0.3 is 12.1 Å². The van der Waals surface area contributed by atoms with Gasteiger partial charge in [-0.05, 0) is 34.4 Å². The first-order valence-corrected chi connectivity index (χ1v) is 5.56. The molecule has 1 amide bonds. The molecule has 0 saturated heterocycles. The average molecular weight is 246 g/mol. The number of hydrogen-bond donors (Lipinski definition) is 2. The molecule has 0 heterocycles. The average Bonchev–Trinajstić information content (AvgIpc) is 2.13. The van der Waals surface area contributed by atoms with Gasteiger partial charge in [-0.1, -0.05) is 6.92 Å². The maximum absolute atomic E-state index is 11.4. The first-order valence-electron chi connectivity index (χ1n) is 5.56. The van der Waals surface area contributed by atoms with Gasteiger partial charge in [0.1, 0.15) is 11.6 Å². The summed E-state index contributed by atoms with van der Waals surface area (Å²) < 4.78 is 5.00. The summed E-state index contributed by atoms with van der Waals surface area (Å²) >= 11 is 0. The number of nitrogens with one attached hydrogen (secondary N) is 1. The Kier molecular flexibility index (Phi) is 5.95. The lowest BCUT2D eigenvalue weighted by molar-refractivity contribution is -0.139. The number of carbonyl (C=O) groups excluding carboxylic acids is 1. The Labute approximate surface area is 102 Å². The molecule has 2 N–H and O–H groups in total. The number of alkyl carbamates (subject to hydrolysis) is 1. The largest absolute Gasteiger partial charge is 0.480 e. The molecule has 0 rings (SSSR count). The minimum absolute atomic E-state index is 0.241. The van der Waals surface area contributed by atoms with Gasteiger partial charge in [-0.2, -0.15) is 0 Å². The minimum atomic E-state index is -1.07. The van der Waals surface area contributed by atoms with Gasteiger partial charge in [0, 0.05) is 6.54 Å². The van der Waals surface area contributed by atoms with E-state index in [2.05, 4.69) is 5.32 Å². The Balaban J connectivity index is 4.35. The van der Waals surface area contributed by atoms with Gasteiger partial charge in [0.2, 0.25) is 0 Å². The van der Waals surface area contributed by atoms with E-state index in [-0.39, 0.29) is 6.54 Å². The van der Waals surface area contributed by atoms with Crippen molar-refractivity contribution in [2.45, 2.75) is 39.3 Å². The Hall–Kier alpha value is -1.30. The van der Waals surface area contributed by atoms with Crippen molar-refractivity contribution in [2.24, 2.45) is 0 Å². The van der Waals surface area contributed by atoms with Crippen LogP contribution in [0.2, 0.25) is 0 Å². The normalized spacial score (nSPS) is 13.3. The topological polar surface area (TPSA) is 78.9 Å². The van der Waals surface area contributed by atoms with E-state index < -0.39 is 23.7 Å². The maximum Gasteiger partial charge on any atom is 0.408 e. The number of hydrogen-bond acceptors (Lipinski definition) is 4. The number of aliphatic carboxylic acids is 1. The Morgan fingerprint density at radius 3 is 2.29 bits per heavy atom. The monoisotopic (exact) mass is 246 g/mol. The molecule has 1 unspecified atom stereocenters. The van der Waals surface area contributed by atoms with Crippen molar-refractivity contribution in [3.63, 3.8) is 0 Å². The molecule has 0 aliphatic rings. The predicted molar refractivity (Wildman–Crippen MR) is 64.0 cm³/mol. The highest BCUT2D eigenvalue weighted by atomic mass is 16.6. The van der Waals surface area contributed by atoms with Crippen LogP contribution in [0.5, 0.6) is 0 Å². The van der Waals surface area contributed by atoms with E-state index in [1.54, 1.807) is 32.7 Å². The van der Waals surface area contributed by atoms with Gasteiger partial charge in [0.15, 0.2) is 0 Å². The molecule has 6 heteroatoms. The van der Waals surface area contributed by atoms with E-state index in [1.807, 2.05) is 6.92 Å². The zero-order chi connectivity index (χ0) is 13.6. The smallest absolute Gasteiger partial charge is 0.408 e. The quantitative estimate of drug-likeness (QED) is 0.754. The Bertz CT molecular complexity index is 273. The summed E-state index contributed by atoms with van der Waals surface area (Å²) in [5.41, 5.74) is -0.635. The highest BCUT2D eigenvalue weighted by Crippen LogP contribution is 2.06. The third-order valence-electron chi connectivity index (χ3n) is 2.02. The standard InChI is InChI=1S/C11H22N2O4/c1-6-13(5)7-8(9(14)15)12-10(16)17-11(2,3)4/h8H,6-7H2,1-5H3,(H,12,16)(H,14,15). The minimum Gasteiger partial charge on any atom is -0.480 e. The lowest BCUT2D eigenvalue weighted by Gasteiger charge is -2.24. The second-order valence-corrected chi connectivity index (χ2v) is 4.89. The number of ether oxygens (including phenoxy) is 1. The number of rotatable bonds is 5. The second-order valence-electron chi connectivity index (χ2n) is 4.89. The van der Waals surface area contributed by atoms with Crippen LogP contribution in [0.1, 0.15) is 27.7 Å². The van der Waals surface area contributed by atoms with Gasteiger partial charge in [0.25, 0.3) is 0 Å². The summed E-state index contributed by atoms with van der Waals surface area (Å²) in [6.07, 6.45) is -0.714. The summed E-state index contributed by atoms with van der Waals surface area (Å²) in [7, 11) is 1.78. The maximum atomic E-state index is 11.4. The van der Waals surface area contributed by atoms with Crippen LogP contribution in [0, 0.1) is 0 Å². The van der Waals surface area contributed by atoms with Crippen LogP contribution < -0.4 is 5.32 Å². The Morgan fingerprint density at radius 2 is 1.94 bits per heavy atom. The summed E-state index contributed by atoms with van der Waals surface area (Å²) in [5, 5.41) is 11.3. The third kappa shape index (κ3) is 7.57. The molecule has 0 radical (unpaired) electrons. The molecule has 100 valence electrons. The summed E-state index contributed by atoms with van der Waals surface area (Å²) in [6, 6.07) is -0.963. The van der Waals surface area contributed by atoms with E-state index in [1.165, 1.54) is 0 Å². The molecule has 0 aromatic heterocycles. The van der Waals surface area contributed by atoms with E-state index in [0.29, 0.717) is 6.54 Å². The second kappa shape index (κ2) is 6.44. The molecule has 0 fully saturated rings. The number of nitrogens with zero attached hydrogens (tertiary/aromatic N) is 1. The zero-order valence-corrected chi connectivity index (χ0v) is 11.1. The van der Waals surface area contributed by atoms with Crippen LogP contribution in [0.15, 0.2) is 0 Å². The summed E-state index contributed by atoms with van der Waals surface area (Å²) in [4.78, 5) is 24.2. The highest BCUT2D eigenvalue weighted by molar-refractivity contribution is 5.80. The van der Waals surface area contributed by atoms with Crippen LogP contribution in [-0.2, 0) is 9.53 Å². The predicted octanol–water partition coefficient (Wildman–Crippen LogP) is 0.916. The molecule has 0 spiro atoms. The Morgan fingerprint density at radius 1 is 1.41 bits per heavy atom. The molecule has 1 atom stereocenters. The number of likely N-dealkylation sites (N-methyl/N-ethyl adjacent to an activating group) is 1. The van der Waals surface area contributed by atoms with Gasteiger partial charge in [-0.15, -0.1) is 0 Å². The number of amides is 1. The van der Waals surface area contributed by atoms with Crippen molar-refractivity contribution >= 4 is 12.1 Å². The number of carboxylic acids is 1. The summed E-state index contributed by atoms with van der Waals surface area (Å²) in [5.74, 6) is -1.07. The first-order chi connectivity index (χ1) is 7.65. The van der Waals surface area contributed by atoms with Crippen LogP contribution in [-0.4, -0.2) is 53.8 Å². The molecule has 0 aliphatic heterocycles. The lowest BCUT2D eigenvalue weighted by Crippen LogP contribution is -2.49. The first kappa shape index (κ1) is 15.7. The van der Waals surface area contributed by atoms with Gasteiger partial charge in [-0.3, -0.25) is 0 Å². The molecule has 17 heavy (non-hydrogen) atoms. The molecule has 0 saturated carbocycles. The summed E-state index contributed by atoms with van der Waals surface area (Å²) in [6.45, 7) is 8.03. The van der Waals surface area contributed by atoms with Crippen LogP contribution in [0.25, 0.3) is 0 Å². The number of carbonyl (C=O) groups is 2. The SMILES string of the molecule is CCN(C)CC(NC(=O)OC(C)(C)C)C(=O)O. The van der Waals surface area contributed by atoms with E-state index in [4.69, 9.17) is 9.84 Å². The van der Waals surface area contributed by atoms with E-state index >= 15 is 0 Å². The van der Waals surface area contributed by atoms with Crippen LogP contribution >= 0.6 is 0 Å². The van der Waals surface area contributed by atoms with Crippen molar-refractivity contribution < 1.29 is 19.4 Å². The third-order valence-corrected chi connectivity index (χ3v) is 2.02. The fourth-order valence-corrected chi connectivity index (χ4v) is 1.08. The van der Waals surface area contributed by atoms with E-state index in [9.17, 15) is 9.59 Å². The molecular weight excluding hydrogens is 224 g/mol. The molecule has 0 aromatic rings. The van der Waals surface area contributed by atoms with Crippen LogP contribution in [0.4, 0.5) is 4.79 Å². The molecule has 0 bridgehead atoms. The van der Waals surface area contributed by atoms with Crippen molar-refractivity contribution in [3.05, 3.63) is 0 Å². The highest BCUT2D eigenvalue weighted by Gasteiger charge is 2.24. The fourth-order valence-electron chi connectivity index (χ4n) is 1.08. The van der Waals surface area contributed by atoms with Crippen molar-refractivity contribution in [1.82, 2.24) is 10.2 Å². The fraction of sp³-hybridized carbons (Fsp3) is 0.818. The van der Waals surface area contributed by atoms with Gasteiger partial charge in [0.05, 0.1) is 0 Å².